The van der Waals surface area contributed by atoms with Crippen LogP contribution in [0.5, 0.6) is 11.5 Å². The SMILES string of the molecule is COc1cc(NCC2CCCCN2)c(OC)cc1C. The van der Waals surface area contributed by atoms with Crippen molar-refractivity contribution in [2.45, 2.75) is 32.2 Å². The van der Waals surface area contributed by atoms with Crippen LogP contribution in [0.1, 0.15) is 24.8 Å². The van der Waals surface area contributed by atoms with Crippen LogP contribution >= 0.6 is 0 Å². The largest absolute Gasteiger partial charge is 0.496 e. The summed E-state index contributed by atoms with van der Waals surface area (Å²) in [4.78, 5) is 0. The van der Waals surface area contributed by atoms with E-state index in [1.165, 1.54) is 19.3 Å². The minimum Gasteiger partial charge on any atom is -0.496 e. The number of methoxy groups -OCH3 is 2. The number of ether oxygens (including phenoxy) is 2. The Hall–Kier alpha value is -1.42. The van der Waals surface area contributed by atoms with Crippen molar-refractivity contribution in [1.82, 2.24) is 5.32 Å². The van der Waals surface area contributed by atoms with E-state index in [4.69, 9.17) is 9.47 Å². The van der Waals surface area contributed by atoms with Gasteiger partial charge in [0.2, 0.25) is 0 Å². The molecule has 2 rings (SSSR count). The first-order chi connectivity index (χ1) is 9.24. The molecule has 4 heteroatoms. The molecule has 1 aromatic carbocycles. The van der Waals surface area contributed by atoms with Crippen molar-refractivity contribution < 1.29 is 9.47 Å². The Kier molecular flexibility index (Phi) is 4.91. The molecule has 0 bridgehead atoms. The molecule has 19 heavy (non-hydrogen) atoms. The molecule has 1 atom stereocenters. The summed E-state index contributed by atoms with van der Waals surface area (Å²) in [6, 6.07) is 4.57. The summed E-state index contributed by atoms with van der Waals surface area (Å²) in [6.45, 7) is 4.07. The molecule has 0 aliphatic carbocycles. The van der Waals surface area contributed by atoms with E-state index in [1.54, 1.807) is 14.2 Å². The Morgan fingerprint density at radius 3 is 2.63 bits per heavy atom. The molecular weight excluding hydrogens is 240 g/mol. The highest BCUT2D eigenvalue weighted by Crippen LogP contribution is 2.32. The lowest BCUT2D eigenvalue weighted by molar-refractivity contribution is 0.399. The van der Waals surface area contributed by atoms with Crippen LogP contribution in [0.3, 0.4) is 0 Å². The summed E-state index contributed by atoms with van der Waals surface area (Å²) in [5.74, 6) is 1.76. The molecule has 106 valence electrons. The Balaban J connectivity index is 2.05. The third-order valence-electron chi connectivity index (χ3n) is 3.67. The average molecular weight is 264 g/mol. The van der Waals surface area contributed by atoms with Crippen molar-refractivity contribution in [3.63, 3.8) is 0 Å². The number of hydrogen-bond acceptors (Lipinski definition) is 4. The Morgan fingerprint density at radius 2 is 2.00 bits per heavy atom. The summed E-state index contributed by atoms with van der Waals surface area (Å²) < 4.78 is 10.8. The zero-order chi connectivity index (χ0) is 13.7. The molecule has 4 nitrogen and oxygen atoms in total. The minimum atomic E-state index is 0.547. The van der Waals surface area contributed by atoms with E-state index in [9.17, 15) is 0 Å². The van der Waals surface area contributed by atoms with Crippen LogP contribution in [0, 0.1) is 6.92 Å². The molecule has 1 aliphatic heterocycles. The van der Waals surface area contributed by atoms with Gasteiger partial charge in [0.05, 0.1) is 19.9 Å². The van der Waals surface area contributed by atoms with Crippen LogP contribution < -0.4 is 20.1 Å². The second kappa shape index (κ2) is 6.66. The number of piperidine rings is 1. The van der Waals surface area contributed by atoms with Crippen LogP contribution in [0.4, 0.5) is 5.69 Å². The minimum absolute atomic E-state index is 0.547. The van der Waals surface area contributed by atoms with Gasteiger partial charge in [-0.15, -0.1) is 0 Å². The molecule has 1 aliphatic rings. The van der Waals surface area contributed by atoms with Crippen molar-refractivity contribution in [3.8, 4) is 11.5 Å². The van der Waals surface area contributed by atoms with E-state index < -0.39 is 0 Å². The summed E-state index contributed by atoms with van der Waals surface area (Å²) in [5, 5.41) is 7.00. The van der Waals surface area contributed by atoms with Gasteiger partial charge < -0.3 is 20.1 Å². The number of benzene rings is 1. The highest BCUT2D eigenvalue weighted by molar-refractivity contribution is 5.62. The number of rotatable bonds is 5. The molecule has 1 saturated heterocycles. The highest BCUT2D eigenvalue weighted by atomic mass is 16.5. The Labute approximate surface area is 115 Å². The molecule has 0 saturated carbocycles. The van der Waals surface area contributed by atoms with Gasteiger partial charge in [-0.25, -0.2) is 0 Å². The first kappa shape index (κ1) is 14.0. The van der Waals surface area contributed by atoms with E-state index in [1.807, 2.05) is 19.1 Å². The fourth-order valence-corrected chi connectivity index (χ4v) is 2.52. The quantitative estimate of drug-likeness (QED) is 0.858. The molecule has 2 N–H and O–H groups in total. The second-order valence-corrected chi connectivity index (χ2v) is 5.05. The normalized spacial score (nSPS) is 19.0. The summed E-state index contributed by atoms with van der Waals surface area (Å²) in [6.07, 6.45) is 3.84. The van der Waals surface area contributed by atoms with Gasteiger partial charge in [0, 0.05) is 18.7 Å². The molecule has 0 aromatic heterocycles. The smallest absolute Gasteiger partial charge is 0.142 e. The van der Waals surface area contributed by atoms with Crippen LogP contribution in [-0.4, -0.2) is 33.4 Å². The predicted octanol–water partition coefficient (Wildman–Crippen LogP) is 2.57. The molecule has 1 heterocycles. The van der Waals surface area contributed by atoms with Gasteiger partial charge in [-0.3, -0.25) is 0 Å². The first-order valence-electron chi connectivity index (χ1n) is 6.94. The first-order valence-corrected chi connectivity index (χ1v) is 6.94. The van der Waals surface area contributed by atoms with Gasteiger partial charge in [-0.05, 0) is 37.9 Å². The van der Waals surface area contributed by atoms with Crippen LogP contribution in [0.25, 0.3) is 0 Å². The molecule has 1 unspecified atom stereocenters. The van der Waals surface area contributed by atoms with E-state index >= 15 is 0 Å². The lowest BCUT2D eigenvalue weighted by atomic mass is 10.0. The summed E-state index contributed by atoms with van der Waals surface area (Å²) >= 11 is 0. The fraction of sp³-hybridized carbons (Fsp3) is 0.600. The van der Waals surface area contributed by atoms with Crippen molar-refractivity contribution >= 4 is 5.69 Å². The lowest BCUT2D eigenvalue weighted by Crippen LogP contribution is -2.39. The third kappa shape index (κ3) is 3.53. The van der Waals surface area contributed by atoms with Gasteiger partial charge in [0.25, 0.3) is 0 Å². The van der Waals surface area contributed by atoms with Crippen molar-refractivity contribution in [2.75, 3.05) is 32.6 Å². The number of aryl methyl sites for hydroxylation is 1. The monoisotopic (exact) mass is 264 g/mol. The zero-order valence-electron chi connectivity index (χ0n) is 12.1. The van der Waals surface area contributed by atoms with E-state index in [2.05, 4.69) is 10.6 Å². The highest BCUT2D eigenvalue weighted by Gasteiger charge is 2.14. The maximum Gasteiger partial charge on any atom is 0.142 e. The molecule has 1 fully saturated rings. The summed E-state index contributed by atoms with van der Waals surface area (Å²) in [5.41, 5.74) is 2.08. The topological polar surface area (TPSA) is 42.5 Å². The molecule has 0 spiro atoms. The van der Waals surface area contributed by atoms with Gasteiger partial charge in [0.1, 0.15) is 11.5 Å². The van der Waals surface area contributed by atoms with E-state index in [-0.39, 0.29) is 0 Å². The molecule has 1 aromatic rings. The summed E-state index contributed by atoms with van der Waals surface area (Å²) in [7, 11) is 3.40. The van der Waals surface area contributed by atoms with Gasteiger partial charge >= 0.3 is 0 Å². The second-order valence-electron chi connectivity index (χ2n) is 5.05. The van der Waals surface area contributed by atoms with Crippen molar-refractivity contribution in [2.24, 2.45) is 0 Å². The van der Waals surface area contributed by atoms with Crippen LogP contribution in [-0.2, 0) is 0 Å². The van der Waals surface area contributed by atoms with Crippen LogP contribution in [0.2, 0.25) is 0 Å². The third-order valence-corrected chi connectivity index (χ3v) is 3.67. The van der Waals surface area contributed by atoms with Gasteiger partial charge in [-0.1, -0.05) is 6.42 Å². The standard InChI is InChI=1S/C15H24N2O2/c1-11-8-15(19-3)13(9-14(11)18-2)17-10-12-6-4-5-7-16-12/h8-9,12,16-17H,4-7,10H2,1-3H3. The van der Waals surface area contributed by atoms with E-state index in [0.717, 1.165) is 35.8 Å². The lowest BCUT2D eigenvalue weighted by Gasteiger charge is -2.24. The molecular formula is C15H24N2O2. The maximum atomic E-state index is 5.43. The van der Waals surface area contributed by atoms with Gasteiger partial charge in [0.15, 0.2) is 0 Å². The Morgan fingerprint density at radius 1 is 1.21 bits per heavy atom. The zero-order valence-corrected chi connectivity index (χ0v) is 12.1. The fourth-order valence-electron chi connectivity index (χ4n) is 2.52. The van der Waals surface area contributed by atoms with Crippen LogP contribution in [0.15, 0.2) is 12.1 Å². The average Bonchev–Trinajstić information content (AvgIpc) is 2.46. The number of nitrogens with one attached hydrogen (secondary N) is 2. The van der Waals surface area contributed by atoms with E-state index in [0.29, 0.717) is 6.04 Å². The maximum absolute atomic E-state index is 5.43. The van der Waals surface area contributed by atoms with Gasteiger partial charge in [-0.2, -0.15) is 0 Å². The molecule has 0 amide bonds. The molecule has 0 radical (unpaired) electrons. The predicted molar refractivity (Wildman–Crippen MR) is 78.4 cm³/mol. The number of anilines is 1. The van der Waals surface area contributed by atoms with Crippen molar-refractivity contribution in [1.29, 1.82) is 0 Å². The number of hydrogen-bond donors (Lipinski definition) is 2. The Bertz CT molecular complexity index is 415. The van der Waals surface area contributed by atoms with Crippen molar-refractivity contribution in [3.05, 3.63) is 17.7 Å².